The first-order valence-electron chi connectivity index (χ1n) is 7.33. The molecule has 1 rings (SSSR count). The minimum atomic E-state index is -0.818. The molecule has 2 N–H and O–H groups in total. The van der Waals surface area contributed by atoms with Gasteiger partial charge in [-0.3, -0.25) is 9.69 Å². The highest BCUT2D eigenvalue weighted by atomic mass is 16.5. The van der Waals surface area contributed by atoms with Crippen molar-refractivity contribution in [1.82, 2.24) is 10.2 Å². The van der Waals surface area contributed by atoms with Gasteiger partial charge < -0.3 is 15.2 Å². The number of benzene rings is 1. The van der Waals surface area contributed by atoms with Crippen molar-refractivity contribution in [3.8, 4) is 5.75 Å². The van der Waals surface area contributed by atoms with Crippen molar-refractivity contribution in [2.45, 2.75) is 32.9 Å². The van der Waals surface area contributed by atoms with Crippen LogP contribution in [0.3, 0.4) is 0 Å². The average molecular weight is 294 g/mol. The zero-order valence-electron chi connectivity index (χ0n) is 13.2. The lowest BCUT2D eigenvalue weighted by Crippen LogP contribution is -2.25. The lowest BCUT2D eigenvalue weighted by Gasteiger charge is -2.16. The normalized spacial score (nSPS) is 10.9. The van der Waals surface area contributed by atoms with Crippen molar-refractivity contribution in [3.05, 3.63) is 29.3 Å². The van der Waals surface area contributed by atoms with Gasteiger partial charge in [0.2, 0.25) is 0 Å². The van der Waals surface area contributed by atoms with E-state index in [4.69, 9.17) is 9.84 Å². The molecule has 118 valence electrons. The summed E-state index contributed by atoms with van der Waals surface area (Å²) in [6.07, 6.45) is 2.35. The minimum Gasteiger partial charge on any atom is -0.496 e. The molecule has 0 atom stereocenters. The molecule has 0 radical (unpaired) electrons. The molecule has 0 aromatic heterocycles. The highest BCUT2D eigenvalue weighted by Gasteiger charge is 2.08. The van der Waals surface area contributed by atoms with Gasteiger partial charge in [0.05, 0.1) is 13.7 Å². The maximum Gasteiger partial charge on any atom is 0.317 e. The van der Waals surface area contributed by atoms with E-state index in [1.165, 1.54) is 12.8 Å². The number of ether oxygens (including phenoxy) is 1. The first-order valence-corrected chi connectivity index (χ1v) is 7.33. The Labute approximate surface area is 126 Å². The Morgan fingerprint density at radius 1 is 1.43 bits per heavy atom. The summed E-state index contributed by atoms with van der Waals surface area (Å²) >= 11 is 0. The first kappa shape index (κ1) is 17.5. The van der Waals surface area contributed by atoms with Gasteiger partial charge in [0, 0.05) is 18.7 Å². The number of rotatable bonds is 10. The number of unbranched alkanes of at least 4 members (excludes halogenated alkanes) is 1. The second-order valence-electron chi connectivity index (χ2n) is 5.24. The highest BCUT2D eigenvalue weighted by Crippen LogP contribution is 2.21. The Balaban J connectivity index is 2.62. The van der Waals surface area contributed by atoms with Crippen LogP contribution < -0.4 is 10.1 Å². The molecule has 0 heterocycles. The van der Waals surface area contributed by atoms with E-state index in [2.05, 4.69) is 12.2 Å². The molecule has 1 aromatic rings. The van der Waals surface area contributed by atoms with E-state index in [1.807, 2.05) is 18.2 Å². The SMILES string of the molecule is CCCCNCc1ccc(CN(C)CC(=O)O)cc1OC. The molecule has 5 nitrogen and oxygen atoms in total. The van der Waals surface area contributed by atoms with Crippen LogP contribution in [0.5, 0.6) is 5.75 Å². The molecule has 0 amide bonds. The van der Waals surface area contributed by atoms with Crippen LogP contribution >= 0.6 is 0 Å². The monoisotopic (exact) mass is 294 g/mol. The standard InChI is InChI=1S/C16H26N2O3/c1-4-5-8-17-10-14-7-6-13(9-15(14)21-3)11-18(2)12-16(19)20/h6-7,9,17H,4-5,8,10-12H2,1-3H3,(H,19,20). The Morgan fingerprint density at radius 3 is 2.81 bits per heavy atom. The van der Waals surface area contributed by atoms with E-state index in [1.54, 1.807) is 19.1 Å². The number of carbonyl (C=O) groups is 1. The largest absolute Gasteiger partial charge is 0.496 e. The fourth-order valence-electron chi connectivity index (χ4n) is 2.16. The molecule has 0 fully saturated rings. The zero-order chi connectivity index (χ0) is 15.7. The van der Waals surface area contributed by atoms with Gasteiger partial charge in [-0.15, -0.1) is 0 Å². The molecule has 1 aromatic carbocycles. The summed E-state index contributed by atoms with van der Waals surface area (Å²) in [7, 11) is 3.45. The molecule has 0 spiro atoms. The average Bonchev–Trinajstić information content (AvgIpc) is 2.43. The predicted molar refractivity (Wildman–Crippen MR) is 83.6 cm³/mol. The number of carboxylic acids is 1. The van der Waals surface area contributed by atoms with Gasteiger partial charge >= 0.3 is 5.97 Å². The number of likely N-dealkylation sites (N-methyl/N-ethyl adjacent to an activating group) is 1. The van der Waals surface area contributed by atoms with Gasteiger partial charge in [-0.05, 0) is 31.6 Å². The molecule has 0 saturated carbocycles. The van der Waals surface area contributed by atoms with Crippen molar-refractivity contribution in [3.63, 3.8) is 0 Å². The van der Waals surface area contributed by atoms with Crippen LogP contribution in [-0.4, -0.2) is 43.2 Å². The van der Waals surface area contributed by atoms with Crippen molar-refractivity contribution in [2.24, 2.45) is 0 Å². The number of aliphatic carboxylic acids is 1. The Bertz CT molecular complexity index is 449. The first-order chi connectivity index (χ1) is 10.1. The molecule has 21 heavy (non-hydrogen) atoms. The Kier molecular flexibility index (Phi) is 7.79. The summed E-state index contributed by atoms with van der Waals surface area (Å²) < 4.78 is 5.43. The second kappa shape index (κ2) is 9.37. The smallest absolute Gasteiger partial charge is 0.317 e. The molecule has 0 bridgehead atoms. The van der Waals surface area contributed by atoms with Crippen LogP contribution in [0.2, 0.25) is 0 Å². The van der Waals surface area contributed by atoms with Crippen LogP contribution in [0.1, 0.15) is 30.9 Å². The number of hydrogen-bond donors (Lipinski definition) is 2. The predicted octanol–water partition coefficient (Wildman–Crippen LogP) is 2.10. The number of nitrogens with one attached hydrogen (secondary N) is 1. The van der Waals surface area contributed by atoms with Gasteiger partial charge in [0.1, 0.15) is 5.75 Å². The lowest BCUT2D eigenvalue weighted by atomic mass is 10.1. The minimum absolute atomic E-state index is 0.0304. The van der Waals surface area contributed by atoms with E-state index in [9.17, 15) is 4.79 Å². The quantitative estimate of drug-likeness (QED) is 0.647. The molecular weight excluding hydrogens is 268 g/mol. The van der Waals surface area contributed by atoms with E-state index >= 15 is 0 Å². The van der Waals surface area contributed by atoms with Gasteiger partial charge in [-0.25, -0.2) is 0 Å². The van der Waals surface area contributed by atoms with Gasteiger partial charge in [0.25, 0.3) is 0 Å². The Morgan fingerprint density at radius 2 is 2.19 bits per heavy atom. The number of hydrogen-bond acceptors (Lipinski definition) is 4. The van der Waals surface area contributed by atoms with E-state index in [-0.39, 0.29) is 6.54 Å². The third kappa shape index (κ3) is 6.60. The molecule has 0 aliphatic heterocycles. The van der Waals surface area contributed by atoms with Gasteiger partial charge in [-0.2, -0.15) is 0 Å². The maximum atomic E-state index is 10.7. The van der Waals surface area contributed by atoms with Crippen LogP contribution in [0.15, 0.2) is 18.2 Å². The third-order valence-electron chi connectivity index (χ3n) is 3.23. The number of nitrogens with zero attached hydrogens (tertiary/aromatic N) is 1. The fraction of sp³-hybridized carbons (Fsp3) is 0.562. The van der Waals surface area contributed by atoms with Crippen molar-refractivity contribution in [2.75, 3.05) is 27.2 Å². The zero-order valence-corrected chi connectivity index (χ0v) is 13.2. The van der Waals surface area contributed by atoms with Crippen molar-refractivity contribution in [1.29, 1.82) is 0 Å². The summed E-state index contributed by atoms with van der Waals surface area (Å²) in [5.41, 5.74) is 2.17. The van der Waals surface area contributed by atoms with Crippen LogP contribution in [0.4, 0.5) is 0 Å². The summed E-state index contributed by atoms with van der Waals surface area (Å²) in [6.45, 7) is 4.58. The van der Waals surface area contributed by atoms with E-state index < -0.39 is 5.97 Å². The maximum absolute atomic E-state index is 10.7. The van der Waals surface area contributed by atoms with Crippen LogP contribution in [0.25, 0.3) is 0 Å². The highest BCUT2D eigenvalue weighted by molar-refractivity contribution is 5.69. The summed E-state index contributed by atoms with van der Waals surface area (Å²) in [5.74, 6) is 0.0291. The molecule has 5 heteroatoms. The van der Waals surface area contributed by atoms with Gasteiger partial charge in [-0.1, -0.05) is 25.5 Å². The van der Waals surface area contributed by atoms with Crippen molar-refractivity contribution < 1.29 is 14.6 Å². The molecular formula is C16H26N2O3. The molecule has 0 unspecified atom stereocenters. The fourth-order valence-corrected chi connectivity index (χ4v) is 2.16. The third-order valence-corrected chi connectivity index (χ3v) is 3.23. The molecule has 0 saturated heterocycles. The summed E-state index contributed by atoms with van der Waals surface area (Å²) in [5, 5.41) is 12.2. The summed E-state index contributed by atoms with van der Waals surface area (Å²) in [6, 6.07) is 6.05. The molecule has 0 aliphatic rings. The molecule has 0 aliphatic carbocycles. The van der Waals surface area contributed by atoms with Crippen LogP contribution in [-0.2, 0) is 17.9 Å². The number of methoxy groups -OCH3 is 1. The van der Waals surface area contributed by atoms with Crippen molar-refractivity contribution >= 4 is 5.97 Å². The second-order valence-corrected chi connectivity index (χ2v) is 5.24. The number of carboxylic acid groups (broad SMARTS) is 1. The van der Waals surface area contributed by atoms with E-state index in [0.717, 1.165) is 30.0 Å². The summed E-state index contributed by atoms with van der Waals surface area (Å²) in [4.78, 5) is 12.4. The van der Waals surface area contributed by atoms with Gasteiger partial charge in [0.15, 0.2) is 0 Å². The lowest BCUT2D eigenvalue weighted by molar-refractivity contribution is -0.138. The topological polar surface area (TPSA) is 61.8 Å². The van der Waals surface area contributed by atoms with E-state index in [0.29, 0.717) is 6.54 Å². The Hall–Kier alpha value is -1.59. The van der Waals surface area contributed by atoms with Crippen LogP contribution in [0, 0.1) is 0 Å².